The molecule has 0 amide bonds. The van der Waals surface area contributed by atoms with Gasteiger partial charge in [-0.05, 0) is 36.4 Å². The summed E-state index contributed by atoms with van der Waals surface area (Å²) < 4.78 is 5.09. The lowest BCUT2D eigenvalue weighted by atomic mass is 10.1. The predicted octanol–water partition coefficient (Wildman–Crippen LogP) is 3.36. The number of hydrogen-bond acceptors (Lipinski definition) is 5. The summed E-state index contributed by atoms with van der Waals surface area (Å²) in [5.41, 5.74) is 1.33. The summed E-state index contributed by atoms with van der Waals surface area (Å²) in [5, 5.41) is 20.1. The van der Waals surface area contributed by atoms with Crippen LogP contribution in [0.1, 0.15) is 10.5 Å². The summed E-state index contributed by atoms with van der Waals surface area (Å²) in [4.78, 5) is 28.9. The Bertz CT molecular complexity index is 930. The van der Waals surface area contributed by atoms with E-state index in [-0.39, 0.29) is 17.1 Å². The molecule has 0 unspecified atom stereocenters. The molecule has 0 aliphatic rings. The molecule has 8 heteroatoms. The van der Waals surface area contributed by atoms with Crippen molar-refractivity contribution >= 4 is 11.7 Å². The molecule has 3 aromatic rings. The second-order valence-corrected chi connectivity index (χ2v) is 5.15. The number of benzene rings is 2. The number of carboxylic acids is 1. The number of aromatic nitrogens is 2. The molecule has 0 aliphatic carbocycles. The minimum Gasteiger partial charge on any atom is -0.497 e. The Morgan fingerprint density at radius 1 is 1.12 bits per heavy atom. The Labute approximate surface area is 141 Å². The third-order valence-corrected chi connectivity index (χ3v) is 3.63. The quantitative estimate of drug-likeness (QED) is 0.543. The van der Waals surface area contributed by atoms with Crippen LogP contribution in [-0.4, -0.2) is 33.1 Å². The minimum atomic E-state index is -1.15. The molecule has 0 radical (unpaired) electrons. The van der Waals surface area contributed by atoms with Gasteiger partial charge in [0.2, 0.25) is 0 Å². The zero-order valence-electron chi connectivity index (χ0n) is 13.1. The van der Waals surface area contributed by atoms with Gasteiger partial charge < -0.3 is 14.8 Å². The van der Waals surface area contributed by atoms with Crippen molar-refractivity contribution in [3.05, 3.63) is 64.3 Å². The summed E-state index contributed by atoms with van der Waals surface area (Å²) >= 11 is 0. The number of methoxy groups -OCH3 is 1. The highest BCUT2D eigenvalue weighted by atomic mass is 16.6. The second kappa shape index (κ2) is 6.44. The number of aromatic carboxylic acids is 1. The number of nitro benzene ring substituents is 1. The van der Waals surface area contributed by atoms with E-state index in [1.165, 1.54) is 24.3 Å². The summed E-state index contributed by atoms with van der Waals surface area (Å²) in [6, 6.07) is 12.5. The summed E-state index contributed by atoms with van der Waals surface area (Å²) in [6.45, 7) is 0. The molecule has 0 atom stereocenters. The fourth-order valence-corrected chi connectivity index (χ4v) is 2.36. The molecule has 0 bridgehead atoms. The van der Waals surface area contributed by atoms with Crippen molar-refractivity contribution in [3.63, 3.8) is 0 Å². The standard InChI is InChI=1S/C17H13N3O5/c1-25-13-8-4-10(5-9-13)14-15(17(21)22)19-16(18-14)11-2-6-12(7-3-11)20(23)24/h2-9H,1H3,(H,18,19)(H,21,22). The van der Waals surface area contributed by atoms with Gasteiger partial charge in [0, 0.05) is 23.3 Å². The molecule has 0 spiro atoms. The van der Waals surface area contributed by atoms with Crippen LogP contribution in [0.5, 0.6) is 5.75 Å². The van der Waals surface area contributed by atoms with Gasteiger partial charge in [-0.3, -0.25) is 10.1 Å². The number of nitrogens with one attached hydrogen (secondary N) is 1. The van der Waals surface area contributed by atoms with Crippen LogP contribution in [0.25, 0.3) is 22.6 Å². The Kier molecular flexibility index (Phi) is 4.17. The van der Waals surface area contributed by atoms with Gasteiger partial charge in [-0.15, -0.1) is 0 Å². The Morgan fingerprint density at radius 3 is 2.24 bits per heavy atom. The first kappa shape index (κ1) is 16.2. The van der Waals surface area contributed by atoms with Gasteiger partial charge in [0.05, 0.1) is 12.0 Å². The van der Waals surface area contributed by atoms with E-state index in [2.05, 4.69) is 9.97 Å². The van der Waals surface area contributed by atoms with Crippen molar-refractivity contribution in [3.8, 4) is 28.4 Å². The molecule has 0 saturated heterocycles. The van der Waals surface area contributed by atoms with Gasteiger partial charge in [0.1, 0.15) is 17.3 Å². The van der Waals surface area contributed by atoms with Crippen LogP contribution < -0.4 is 4.74 Å². The van der Waals surface area contributed by atoms with Crippen LogP contribution in [0.2, 0.25) is 0 Å². The zero-order chi connectivity index (χ0) is 18.0. The fraction of sp³-hybridized carbons (Fsp3) is 0.0588. The number of non-ortho nitro benzene ring substituents is 1. The lowest BCUT2D eigenvalue weighted by molar-refractivity contribution is -0.384. The second-order valence-electron chi connectivity index (χ2n) is 5.15. The molecular weight excluding hydrogens is 326 g/mol. The highest BCUT2D eigenvalue weighted by molar-refractivity contribution is 5.94. The van der Waals surface area contributed by atoms with Crippen molar-refractivity contribution in [2.45, 2.75) is 0 Å². The molecule has 3 rings (SSSR count). The Balaban J connectivity index is 2.04. The number of nitro groups is 1. The maximum Gasteiger partial charge on any atom is 0.354 e. The van der Waals surface area contributed by atoms with Crippen LogP contribution in [0.3, 0.4) is 0 Å². The molecule has 0 fully saturated rings. The average Bonchev–Trinajstić information content (AvgIpc) is 3.07. The van der Waals surface area contributed by atoms with Crippen LogP contribution in [0.4, 0.5) is 5.69 Å². The number of imidazole rings is 1. The minimum absolute atomic E-state index is 0.0517. The van der Waals surface area contributed by atoms with Gasteiger partial charge in [0.25, 0.3) is 5.69 Å². The molecule has 1 heterocycles. The van der Waals surface area contributed by atoms with E-state index in [1.807, 2.05) is 0 Å². The van der Waals surface area contributed by atoms with Crippen molar-refractivity contribution in [2.75, 3.05) is 7.11 Å². The van der Waals surface area contributed by atoms with Crippen molar-refractivity contribution in [1.82, 2.24) is 9.97 Å². The van der Waals surface area contributed by atoms with E-state index in [4.69, 9.17) is 4.74 Å². The SMILES string of the molecule is COc1ccc(-c2nc(-c3ccc([N+](=O)[O-])cc3)[nH]c2C(=O)O)cc1. The number of hydrogen-bond donors (Lipinski definition) is 2. The van der Waals surface area contributed by atoms with E-state index < -0.39 is 10.9 Å². The Hall–Kier alpha value is -3.68. The Morgan fingerprint density at radius 2 is 1.72 bits per heavy atom. The lowest BCUT2D eigenvalue weighted by Gasteiger charge is -2.01. The van der Waals surface area contributed by atoms with E-state index in [0.717, 1.165) is 0 Å². The molecule has 2 aromatic carbocycles. The maximum atomic E-state index is 11.5. The van der Waals surface area contributed by atoms with Crippen LogP contribution in [0, 0.1) is 10.1 Å². The first-order valence-corrected chi connectivity index (χ1v) is 7.22. The third kappa shape index (κ3) is 3.18. The van der Waals surface area contributed by atoms with Crippen LogP contribution >= 0.6 is 0 Å². The molecule has 2 N–H and O–H groups in total. The van der Waals surface area contributed by atoms with Crippen LogP contribution in [-0.2, 0) is 0 Å². The smallest absolute Gasteiger partial charge is 0.354 e. The zero-order valence-corrected chi connectivity index (χ0v) is 13.1. The summed E-state index contributed by atoms with van der Waals surface area (Å²) in [7, 11) is 1.54. The van der Waals surface area contributed by atoms with E-state index >= 15 is 0 Å². The molecule has 25 heavy (non-hydrogen) atoms. The lowest BCUT2D eigenvalue weighted by Crippen LogP contribution is -1.99. The number of aromatic amines is 1. The topological polar surface area (TPSA) is 118 Å². The summed E-state index contributed by atoms with van der Waals surface area (Å²) in [6.07, 6.45) is 0. The van der Waals surface area contributed by atoms with Crippen molar-refractivity contribution in [2.24, 2.45) is 0 Å². The van der Waals surface area contributed by atoms with Crippen molar-refractivity contribution < 1.29 is 19.6 Å². The van der Waals surface area contributed by atoms with Gasteiger partial charge in [-0.25, -0.2) is 9.78 Å². The summed E-state index contributed by atoms with van der Waals surface area (Å²) in [5.74, 6) is -0.184. The first-order chi connectivity index (χ1) is 12.0. The number of nitrogens with zero attached hydrogens (tertiary/aromatic N) is 2. The number of ether oxygens (including phenoxy) is 1. The predicted molar refractivity (Wildman–Crippen MR) is 89.6 cm³/mol. The van der Waals surface area contributed by atoms with E-state index in [1.54, 1.807) is 31.4 Å². The van der Waals surface area contributed by atoms with Gasteiger partial charge in [-0.1, -0.05) is 0 Å². The molecule has 0 saturated carbocycles. The normalized spacial score (nSPS) is 10.4. The number of carbonyl (C=O) groups is 1. The van der Waals surface area contributed by atoms with Crippen LogP contribution in [0.15, 0.2) is 48.5 Å². The molecular formula is C17H13N3O5. The monoisotopic (exact) mass is 339 g/mol. The molecule has 126 valence electrons. The van der Waals surface area contributed by atoms with Gasteiger partial charge >= 0.3 is 5.97 Å². The largest absolute Gasteiger partial charge is 0.497 e. The molecule has 8 nitrogen and oxygen atoms in total. The highest BCUT2D eigenvalue weighted by Crippen LogP contribution is 2.28. The van der Waals surface area contributed by atoms with Gasteiger partial charge in [-0.2, -0.15) is 0 Å². The first-order valence-electron chi connectivity index (χ1n) is 7.22. The molecule has 1 aromatic heterocycles. The number of carboxylic acid groups (broad SMARTS) is 1. The van der Waals surface area contributed by atoms with E-state index in [0.29, 0.717) is 22.7 Å². The number of H-pyrrole nitrogens is 1. The van der Waals surface area contributed by atoms with Gasteiger partial charge in [0.15, 0.2) is 5.69 Å². The third-order valence-electron chi connectivity index (χ3n) is 3.63. The average molecular weight is 339 g/mol. The maximum absolute atomic E-state index is 11.5. The molecule has 0 aliphatic heterocycles. The fourth-order valence-electron chi connectivity index (χ4n) is 2.36. The van der Waals surface area contributed by atoms with Crippen molar-refractivity contribution in [1.29, 1.82) is 0 Å². The number of rotatable bonds is 5. The van der Waals surface area contributed by atoms with E-state index in [9.17, 15) is 20.0 Å². The highest BCUT2D eigenvalue weighted by Gasteiger charge is 2.19.